The zero-order chi connectivity index (χ0) is 22.7. The third-order valence-corrected chi connectivity index (χ3v) is 6.23. The summed E-state index contributed by atoms with van der Waals surface area (Å²) in [5, 5.41) is 4.84. The summed E-state index contributed by atoms with van der Waals surface area (Å²) >= 11 is 0. The molecule has 168 valence electrons. The summed E-state index contributed by atoms with van der Waals surface area (Å²) in [6.07, 6.45) is 4.66. The molecule has 0 bridgehead atoms. The van der Waals surface area contributed by atoms with Gasteiger partial charge in [0.05, 0.1) is 6.04 Å². The normalized spacial score (nSPS) is 20.1. The molecule has 4 rings (SSSR count). The Bertz CT molecular complexity index is 999. The highest BCUT2D eigenvalue weighted by atomic mass is 16.2. The zero-order valence-corrected chi connectivity index (χ0v) is 19.0. The van der Waals surface area contributed by atoms with Crippen molar-refractivity contribution in [2.75, 3.05) is 6.54 Å². The largest absolute Gasteiger partial charge is 0.352 e. The Morgan fingerprint density at radius 3 is 2.66 bits per heavy atom. The van der Waals surface area contributed by atoms with Crippen LogP contribution in [0.25, 0.3) is 0 Å². The van der Waals surface area contributed by atoms with Crippen LogP contribution < -0.4 is 10.7 Å². The maximum atomic E-state index is 13.0. The standard InChI is InChI=1S/C26H32N4O2/c1-18(2)21-7-9-22(10-8-21)23-16-24-26(32)29(13-14-30(24)28-23)12-11-25(31)27-17-20-6-4-5-19(3)15-20/h4-10,13-15,18,23-24,28H,11-12,16-17H2,1-3H3,(H,27,31). The van der Waals surface area contributed by atoms with Crippen LogP contribution in [0.15, 0.2) is 60.9 Å². The number of fused-ring (bicyclic) bond motifs is 1. The molecule has 2 N–H and O–H groups in total. The van der Waals surface area contributed by atoms with Gasteiger partial charge >= 0.3 is 0 Å². The summed E-state index contributed by atoms with van der Waals surface area (Å²) in [4.78, 5) is 27.0. The topological polar surface area (TPSA) is 64.7 Å². The van der Waals surface area contributed by atoms with E-state index in [9.17, 15) is 9.59 Å². The lowest BCUT2D eigenvalue weighted by molar-refractivity contribution is -0.134. The second-order valence-electron chi connectivity index (χ2n) is 9.01. The van der Waals surface area contributed by atoms with Crippen molar-refractivity contribution in [3.05, 3.63) is 83.2 Å². The van der Waals surface area contributed by atoms with Crippen molar-refractivity contribution in [2.45, 2.75) is 58.2 Å². The molecule has 1 saturated heterocycles. The Kier molecular flexibility index (Phi) is 6.61. The number of carbonyl (C=O) groups is 2. The van der Waals surface area contributed by atoms with Gasteiger partial charge in [0, 0.05) is 31.9 Å². The molecule has 0 aliphatic carbocycles. The van der Waals surface area contributed by atoms with Crippen molar-refractivity contribution in [3.8, 4) is 0 Å². The monoisotopic (exact) mass is 432 g/mol. The minimum absolute atomic E-state index is 0.0350. The lowest BCUT2D eigenvalue weighted by Gasteiger charge is -2.31. The number of hydrazine groups is 1. The Morgan fingerprint density at radius 1 is 1.16 bits per heavy atom. The van der Waals surface area contributed by atoms with E-state index in [1.807, 2.05) is 36.3 Å². The van der Waals surface area contributed by atoms with Gasteiger partial charge in [0.25, 0.3) is 5.91 Å². The molecule has 2 heterocycles. The highest BCUT2D eigenvalue weighted by molar-refractivity contribution is 5.85. The van der Waals surface area contributed by atoms with Crippen molar-refractivity contribution in [1.82, 2.24) is 20.7 Å². The van der Waals surface area contributed by atoms with E-state index in [4.69, 9.17) is 0 Å². The molecule has 2 aromatic rings. The summed E-state index contributed by atoms with van der Waals surface area (Å²) in [6.45, 7) is 7.29. The van der Waals surface area contributed by atoms with Gasteiger partial charge in [-0.25, -0.2) is 5.43 Å². The average Bonchev–Trinajstić information content (AvgIpc) is 3.23. The van der Waals surface area contributed by atoms with Crippen molar-refractivity contribution in [3.63, 3.8) is 0 Å². The van der Waals surface area contributed by atoms with E-state index in [1.165, 1.54) is 16.7 Å². The van der Waals surface area contributed by atoms with Crippen LogP contribution in [-0.2, 0) is 16.1 Å². The van der Waals surface area contributed by atoms with E-state index < -0.39 is 0 Å². The fraction of sp³-hybridized carbons (Fsp3) is 0.385. The molecular weight excluding hydrogens is 400 g/mol. The number of benzene rings is 2. The lowest BCUT2D eigenvalue weighted by atomic mass is 9.97. The van der Waals surface area contributed by atoms with Gasteiger partial charge < -0.3 is 15.2 Å². The van der Waals surface area contributed by atoms with Gasteiger partial charge in [0.15, 0.2) is 0 Å². The van der Waals surface area contributed by atoms with Crippen molar-refractivity contribution >= 4 is 11.8 Å². The fourth-order valence-corrected chi connectivity index (χ4v) is 4.29. The summed E-state index contributed by atoms with van der Waals surface area (Å²) in [7, 11) is 0. The Labute approximate surface area is 190 Å². The van der Waals surface area contributed by atoms with Gasteiger partial charge in [-0.2, -0.15) is 0 Å². The molecule has 2 aliphatic heterocycles. The van der Waals surface area contributed by atoms with Crippen LogP contribution in [0.3, 0.4) is 0 Å². The number of rotatable bonds is 7. The summed E-state index contributed by atoms with van der Waals surface area (Å²) in [5.74, 6) is 0.481. The molecule has 1 fully saturated rings. The molecule has 0 aromatic heterocycles. The lowest BCUT2D eigenvalue weighted by Crippen LogP contribution is -2.48. The molecule has 2 aliphatic rings. The van der Waals surface area contributed by atoms with E-state index in [1.54, 1.807) is 11.1 Å². The van der Waals surface area contributed by atoms with E-state index in [-0.39, 0.29) is 30.3 Å². The molecule has 32 heavy (non-hydrogen) atoms. The minimum Gasteiger partial charge on any atom is -0.352 e. The predicted molar refractivity (Wildman–Crippen MR) is 125 cm³/mol. The average molecular weight is 433 g/mol. The Balaban J connectivity index is 1.28. The van der Waals surface area contributed by atoms with Gasteiger partial charge in [-0.15, -0.1) is 0 Å². The molecule has 6 nitrogen and oxygen atoms in total. The molecule has 2 atom stereocenters. The molecule has 2 unspecified atom stereocenters. The third-order valence-electron chi connectivity index (χ3n) is 6.23. The first-order valence-corrected chi connectivity index (χ1v) is 11.4. The first-order chi connectivity index (χ1) is 15.4. The molecule has 0 spiro atoms. The Morgan fingerprint density at radius 2 is 1.94 bits per heavy atom. The third kappa shape index (κ3) is 5.02. The first kappa shape index (κ1) is 22.1. The maximum Gasteiger partial charge on any atom is 0.250 e. The van der Waals surface area contributed by atoms with E-state index in [0.29, 0.717) is 25.4 Å². The number of aryl methyl sites for hydroxylation is 1. The number of nitrogens with zero attached hydrogens (tertiary/aromatic N) is 2. The molecule has 0 radical (unpaired) electrons. The van der Waals surface area contributed by atoms with Gasteiger partial charge in [0.2, 0.25) is 5.91 Å². The van der Waals surface area contributed by atoms with Gasteiger partial charge in [-0.05, 0) is 36.0 Å². The highest BCUT2D eigenvalue weighted by Crippen LogP contribution is 2.31. The first-order valence-electron chi connectivity index (χ1n) is 11.4. The van der Waals surface area contributed by atoms with Crippen molar-refractivity contribution < 1.29 is 9.59 Å². The molecule has 0 saturated carbocycles. The van der Waals surface area contributed by atoms with E-state index in [0.717, 1.165) is 5.56 Å². The van der Waals surface area contributed by atoms with E-state index >= 15 is 0 Å². The molecule has 6 heteroatoms. The number of hydrogen-bond acceptors (Lipinski definition) is 4. The number of hydrogen-bond donors (Lipinski definition) is 2. The number of nitrogens with one attached hydrogen (secondary N) is 2. The van der Waals surface area contributed by atoms with Crippen LogP contribution in [0.1, 0.15) is 60.9 Å². The van der Waals surface area contributed by atoms with Gasteiger partial charge in [0.1, 0.15) is 6.04 Å². The van der Waals surface area contributed by atoms with E-state index in [2.05, 4.69) is 54.9 Å². The summed E-state index contributed by atoms with van der Waals surface area (Å²) in [5.41, 5.74) is 8.18. The predicted octanol–water partition coefficient (Wildman–Crippen LogP) is 3.76. The highest BCUT2D eigenvalue weighted by Gasteiger charge is 2.39. The van der Waals surface area contributed by atoms with Crippen molar-refractivity contribution in [1.29, 1.82) is 0 Å². The van der Waals surface area contributed by atoms with Gasteiger partial charge in [-0.1, -0.05) is 67.9 Å². The Hall–Kier alpha value is -3.12. The molecule has 2 aromatic carbocycles. The second kappa shape index (κ2) is 9.57. The maximum absolute atomic E-state index is 13.0. The van der Waals surface area contributed by atoms with Crippen molar-refractivity contribution in [2.24, 2.45) is 0 Å². The summed E-state index contributed by atoms with van der Waals surface area (Å²) < 4.78 is 0. The quantitative estimate of drug-likeness (QED) is 0.699. The van der Waals surface area contributed by atoms with Crippen LogP contribution in [0.4, 0.5) is 0 Å². The smallest absolute Gasteiger partial charge is 0.250 e. The SMILES string of the molecule is Cc1cccc(CNC(=O)CCN2C=CN3NC(c4ccc(C(C)C)cc4)CC3C2=O)c1. The number of carbonyl (C=O) groups excluding carboxylic acids is 2. The van der Waals surface area contributed by atoms with Crippen LogP contribution in [-0.4, -0.2) is 34.3 Å². The van der Waals surface area contributed by atoms with Crippen LogP contribution in [0.5, 0.6) is 0 Å². The minimum atomic E-state index is -0.245. The molecular formula is C26H32N4O2. The van der Waals surface area contributed by atoms with Crippen LogP contribution >= 0.6 is 0 Å². The van der Waals surface area contributed by atoms with Crippen LogP contribution in [0.2, 0.25) is 0 Å². The zero-order valence-electron chi connectivity index (χ0n) is 19.0. The fourth-order valence-electron chi connectivity index (χ4n) is 4.29. The van der Waals surface area contributed by atoms with Crippen LogP contribution in [0, 0.1) is 6.92 Å². The van der Waals surface area contributed by atoms with Gasteiger partial charge in [-0.3, -0.25) is 9.59 Å². The second-order valence-corrected chi connectivity index (χ2v) is 9.01. The molecule has 2 amide bonds. The summed E-state index contributed by atoms with van der Waals surface area (Å²) in [6, 6.07) is 16.6. The number of amides is 2.